The summed E-state index contributed by atoms with van der Waals surface area (Å²) >= 11 is 2.37. The fourth-order valence-electron chi connectivity index (χ4n) is 5.18. The van der Waals surface area contributed by atoms with E-state index in [0.717, 1.165) is 6.42 Å². The number of unbranched alkanes of at least 4 members (excludes halogenated alkanes) is 1. The summed E-state index contributed by atoms with van der Waals surface area (Å²) in [6, 6.07) is 1.37. The van der Waals surface area contributed by atoms with Crippen molar-refractivity contribution in [2.45, 2.75) is 94.2 Å². The standard InChI is InChI=1S/C25H39Si.3ClH.Ti/c1-11-12-16-26(10,23-15-13-14-22(23)25(7,8)9)24-20(5)18(3)17(2)19(4)21(24)6;;;;/h15H,11-13,16H2,1-10H3;3*1H;/q;;;;+3/p-3. The van der Waals surface area contributed by atoms with E-state index in [2.05, 4.69) is 95.4 Å². The average Bonchev–Trinajstić information content (AvgIpc) is 2.99. The van der Waals surface area contributed by atoms with Crippen LogP contribution in [0.4, 0.5) is 0 Å². The van der Waals surface area contributed by atoms with Crippen molar-refractivity contribution >= 4 is 13.3 Å². The summed E-state index contributed by atoms with van der Waals surface area (Å²) in [6.07, 6.45) is 6.38. The van der Waals surface area contributed by atoms with Crippen LogP contribution in [0.25, 0.3) is 0 Å². The molecule has 0 amide bonds. The molecule has 2 rings (SSSR count). The minimum absolute atomic E-state index is 0. The Bertz CT molecular complexity index is 790. The molecule has 0 aromatic heterocycles. The van der Waals surface area contributed by atoms with Gasteiger partial charge in [0.1, 0.15) is 0 Å². The van der Waals surface area contributed by atoms with Gasteiger partial charge in [-0.15, -0.1) is 0 Å². The van der Waals surface area contributed by atoms with Gasteiger partial charge in [-0.2, -0.15) is 0 Å². The molecule has 0 saturated heterocycles. The normalized spacial score (nSPS) is 15.7. The minimum atomic E-state index is -1.80. The molecule has 1 aromatic carbocycles. The van der Waals surface area contributed by atoms with E-state index in [4.69, 9.17) is 0 Å². The Labute approximate surface area is 217 Å². The zero-order valence-electron chi connectivity index (χ0n) is 20.5. The fourth-order valence-corrected chi connectivity index (χ4v) is 11.8. The van der Waals surface area contributed by atoms with Gasteiger partial charge in [0, 0.05) is 0 Å². The van der Waals surface area contributed by atoms with Crippen molar-refractivity contribution < 1.29 is 57.7 Å². The van der Waals surface area contributed by atoms with Crippen molar-refractivity contribution in [2.75, 3.05) is 0 Å². The van der Waals surface area contributed by atoms with Crippen molar-refractivity contribution in [3.63, 3.8) is 0 Å². The zero-order chi connectivity index (χ0) is 20.7. The predicted molar refractivity (Wildman–Crippen MR) is 120 cm³/mol. The van der Waals surface area contributed by atoms with E-state index in [0.29, 0.717) is 0 Å². The van der Waals surface area contributed by atoms with Crippen LogP contribution in [0.15, 0.2) is 20.7 Å². The SMILES string of the molecule is CCCC[Si](C)(C1=CC[C]([Ti+3])=C1C(C)(C)C)c1c(C)c(C)c(C)c(C)c1C.[Cl-].[Cl-].[Cl-]. The Morgan fingerprint density at radius 2 is 1.30 bits per heavy atom. The van der Waals surface area contributed by atoms with Crippen LogP contribution in [0, 0.1) is 40.0 Å². The quantitative estimate of drug-likeness (QED) is 0.395. The first-order chi connectivity index (χ1) is 12.4. The second kappa shape index (κ2) is 12.1. The summed E-state index contributed by atoms with van der Waals surface area (Å²) in [5.74, 6) is 0. The van der Waals surface area contributed by atoms with Gasteiger partial charge < -0.3 is 37.2 Å². The van der Waals surface area contributed by atoms with Gasteiger partial charge in [0.05, 0.1) is 0 Å². The van der Waals surface area contributed by atoms with Gasteiger partial charge in [-0.25, -0.2) is 0 Å². The molecular formula is C25H39Cl3SiTi. The molecule has 0 saturated carbocycles. The smallest absolute Gasteiger partial charge is 1.00 e. The third kappa shape index (κ3) is 5.89. The van der Waals surface area contributed by atoms with E-state index < -0.39 is 8.07 Å². The number of rotatable bonds is 5. The molecule has 0 fully saturated rings. The molecule has 1 aliphatic rings. The summed E-state index contributed by atoms with van der Waals surface area (Å²) in [6.45, 7) is 24.0. The van der Waals surface area contributed by atoms with E-state index in [1.54, 1.807) is 31.0 Å². The van der Waals surface area contributed by atoms with Crippen molar-refractivity contribution in [2.24, 2.45) is 5.41 Å². The maximum absolute atomic E-state index is 2.67. The molecule has 1 atom stereocenters. The van der Waals surface area contributed by atoms with Crippen molar-refractivity contribution in [3.05, 3.63) is 48.5 Å². The molecule has 1 aliphatic carbocycles. The Morgan fingerprint density at radius 1 is 0.867 bits per heavy atom. The maximum atomic E-state index is 2.67. The Hall–Kier alpha value is 0.501. The number of halogens is 3. The van der Waals surface area contributed by atoms with Crippen LogP contribution in [0.5, 0.6) is 0 Å². The summed E-state index contributed by atoms with van der Waals surface area (Å²) in [4.78, 5) is 0. The number of hydrogen-bond acceptors (Lipinski definition) is 0. The first kappa shape index (κ1) is 32.7. The molecular weight excluding hydrogens is 483 g/mol. The van der Waals surface area contributed by atoms with Crippen LogP contribution in [-0.4, -0.2) is 8.07 Å². The third-order valence-corrected chi connectivity index (χ3v) is 12.6. The molecule has 30 heavy (non-hydrogen) atoms. The molecule has 0 aliphatic heterocycles. The van der Waals surface area contributed by atoms with Gasteiger partial charge in [-0.1, -0.05) is 0 Å². The molecule has 0 spiro atoms. The van der Waals surface area contributed by atoms with Gasteiger partial charge in [0.2, 0.25) is 0 Å². The average molecular weight is 522 g/mol. The molecule has 168 valence electrons. The monoisotopic (exact) mass is 520 g/mol. The summed E-state index contributed by atoms with van der Waals surface area (Å²) < 4.78 is 1.60. The van der Waals surface area contributed by atoms with Crippen LogP contribution in [0.3, 0.4) is 0 Å². The Morgan fingerprint density at radius 3 is 1.70 bits per heavy atom. The summed E-state index contributed by atoms with van der Waals surface area (Å²) in [5.41, 5.74) is 9.55. The molecule has 0 heterocycles. The van der Waals surface area contributed by atoms with Crippen LogP contribution in [0.1, 0.15) is 74.8 Å². The van der Waals surface area contributed by atoms with Crippen LogP contribution in [0.2, 0.25) is 12.6 Å². The summed E-state index contributed by atoms with van der Waals surface area (Å²) in [7, 11) is -1.80. The van der Waals surface area contributed by atoms with E-state index in [-0.39, 0.29) is 42.6 Å². The van der Waals surface area contributed by atoms with Gasteiger partial charge >= 0.3 is 182 Å². The van der Waals surface area contributed by atoms with Gasteiger partial charge in [-0.05, 0) is 0 Å². The molecule has 1 aromatic rings. The molecule has 0 radical (unpaired) electrons. The Kier molecular flexibility index (Phi) is 13.2. The van der Waals surface area contributed by atoms with Crippen molar-refractivity contribution in [1.29, 1.82) is 0 Å². The second-order valence-corrected chi connectivity index (χ2v) is 15.0. The number of hydrogen-bond donors (Lipinski definition) is 0. The minimum Gasteiger partial charge on any atom is -1.00 e. The maximum Gasteiger partial charge on any atom is -1.00 e. The molecule has 0 nitrogen and oxygen atoms in total. The third-order valence-electron chi connectivity index (χ3n) is 7.01. The first-order valence-electron chi connectivity index (χ1n) is 10.6. The first-order valence-corrected chi connectivity index (χ1v) is 14.1. The van der Waals surface area contributed by atoms with Crippen molar-refractivity contribution in [1.82, 2.24) is 0 Å². The molecule has 0 bridgehead atoms. The molecule has 0 N–H and O–H groups in total. The van der Waals surface area contributed by atoms with Crippen LogP contribution >= 0.6 is 0 Å². The van der Waals surface area contributed by atoms with Gasteiger partial charge in [0.25, 0.3) is 0 Å². The molecule has 5 heteroatoms. The van der Waals surface area contributed by atoms with E-state index in [1.807, 2.05) is 0 Å². The fraction of sp³-hybridized carbons (Fsp3) is 0.600. The Balaban J connectivity index is 0. The second-order valence-electron chi connectivity index (χ2n) is 9.86. The predicted octanol–water partition coefficient (Wildman–Crippen LogP) is -1.96. The summed E-state index contributed by atoms with van der Waals surface area (Å²) in [5, 5.41) is 3.48. The van der Waals surface area contributed by atoms with Gasteiger partial charge in [0.15, 0.2) is 0 Å². The van der Waals surface area contributed by atoms with Gasteiger partial charge in [-0.3, -0.25) is 0 Å². The van der Waals surface area contributed by atoms with Crippen LogP contribution in [-0.2, 0) is 20.4 Å². The van der Waals surface area contributed by atoms with E-state index in [1.165, 1.54) is 35.6 Å². The van der Waals surface area contributed by atoms with E-state index in [9.17, 15) is 0 Å². The number of allylic oxidation sites excluding steroid dienone is 4. The number of benzene rings is 1. The van der Waals surface area contributed by atoms with Crippen molar-refractivity contribution in [3.8, 4) is 0 Å². The van der Waals surface area contributed by atoms with Crippen LogP contribution < -0.4 is 42.4 Å². The zero-order valence-corrected chi connectivity index (χ0v) is 25.4. The molecule has 1 unspecified atom stereocenters. The topological polar surface area (TPSA) is 0 Å². The largest absolute Gasteiger partial charge is 1.00 e. The van der Waals surface area contributed by atoms with E-state index >= 15 is 0 Å².